The average Bonchev–Trinajstić information content (AvgIpc) is 2.13. The molecule has 0 aromatic heterocycles. The van der Waals surface area contributed by atoms with Gasteiger partial charge in [0.1, 0.15) is 0 Å². The fraction of sp³-hybridized carbons (Fsp3) is 0.750. The van der Waals surface area contributed by atoms with E-state index in [4.69, 9.17) is 5.73 Å². The van der Waals surface area contributed by atoms with Gasteiger partial charge in [0.25, 0.3) is 0 Å². The summed E-state index contributed by atoms with van der Waals surface area (Å²) in [6.45, 7) is 5.99. The molecule has 0 aromatic rings. The molecule has 0 aliphatic heterocycles. The maximum absolute atomic E-state index is 5.82. The quantitative estimate of drug-likeness (QED) is 0.530. The number of hydrogen-bond acceptors (Lipinski definition) is 1. The second-order valence-corrected chi connectivity index (χ2v) is 3.05. The molecule has 0 aromatic carbocycles. The molecule has 0 heterocycles. The second-order valence-electron chi connectivity index (χ2n) is 3.05. The standard InChI is InChI=1S/C8H15N/c1-6(2)7-4-3-5-8(7)9/h7-8H,1,3-5,9H2,2H3. The first-order valence-electron chi connectivity index (χ1n) is 3.63. The lowest BCUT2D eigenvalue weighted by atomic mass is 9.97. The molecule has 2 N–H and O–H groups in total. The van der Waals surface area contributed by atoms with Crippen LogP contribution in [0.5, 0.6) is 0 Å². The lowest BCUT2D eigenvalue weighted by molar-refractivity contribution is 0.554. The fourth-order valence-corrected chi connectivity index (χ4v) is 1.60. The lowest BCUT2D eigenvalue weighted by Crippen LogP contribution is -2.24. The Kier molecular flexibility index (Phi) is 1.91. The highest BCUT2D eigenvalue weighted by atomic mass is 14.7. The van der Waals surface area contributed by atoms with Gasteiger partial charge in [0.05, 0.1) is 0 Å². The first-order chi connectivity index (χ1) is 4.22. The van der Waals surface area contributed by atoms with Crippen LogP contribution in [0.1, 0.15) is 26.2 Å². The molecule has 0 spiro atoms. The molecule has 1 aliphatic carbocycles. The van der Waals surface area contributed by atoms with Gasteiger partial charge in [-0.2, -0.15) is 0 Å². The second kappa shape index (κ2) is 2.53. The topological polar surface area (TPSA) is 26.0 Å². The van der Waals surface area contributed by atoms with Gasteiger partial charge in [0.2, 0.25) is 0 Å². The van der Waals surface area contributed by atoms with Crippen LogP contribution >= 0.6 is 0 Å². The van der Waals surface area contributed by atoms with Gasteiger partial charge in [-0.1, -0.05) is 18.6 Å². The van der Waals surface area contributed by atoms with Crippen molar-refractivity contribution in [2.24, 2.45) is 11.7 Å². The smallest absolute Gasteiger partial charge is 0.0104 e. The van der Waals surface area contributed by atoms with Crippen LogP contribution in [0, 0.1) is 5.92 Å². The molecular weight excluding hydrogens is 110 g/mol. The van der Waals surface area contributed by atoms with Gasteiger partial charge in [0.15, 0.2) is 0 Å². The van der Waals surface area contributed by atoms with Crippen molar-refractivity contribution in [3.05, 3.63) is 12.2 Å². The van der Waals surface area contributed by atoms with Crippen molar-refractivity contribution in [1.82, 2.24) is 0 Å². The lowest BCUT2D eigenvalue weighted by Gasteiger charge is -2.13. The van der Waals surface area contributed by atoms with Crippen molar-refractivity contribution in [2.45, 2.75) is 32.2 Å². The first kappa shape index (κ1) is 6.81. The molecule has 0 radical (unpaired) electrons. The monoisotopic (exact) mass is 125 g/mol. The van der Waals surface area contributed by atoms with E-state index in [2.05, 4.69) is 13.5 Å². The van der Waals surface area contributed by atoms with Crippen LogP contribution in [0.3, 0.4) is 0 Å². The van der Waals surface area contributed by atoms with E-state index in [9.17, 15) is 0 Å². The van der Waals surface area contributed by atoms with Gasteiger partial charge in [0, 0.05) is 6.04 Å². The Balaban J connectivity index is 2.49. The maximum Gasteiger partial charge on any atom is 0.0104 e. The predicted octanol–water partition coefficient (Wildman–Crippen LogP) is 1.69. The highest BCUT2D eigenvalue weighted by Crippen LogP contribution is 2.28. The molecular formula is C8H15N. The van der Waals surface area contributed by atoms with Crippen LogP contribution in [-0.2, 0) is 0 Å². The van der Waals surface area contributed by atoms with Gasteiger partial charge in [-0.05, 0) is 25.7 Å². The Morgan fingerprint density at radius 1 is 1.56 bits per heavy atom. The minimum absolute atomic E-state index is 0.405. The minimum Gasteiger partial charge on any atom is -0.327 e. The van der Waals surface area contributed by atoms with Gasteiger partial charge in [-0.15, -0.1) is 0 Å². The SMILES string of the molecule is C=C(C)C1CCCC1N. The molecule has 1 saturated carbocycles. The van der Waals surface area contributed by atoms with Crippen molar-refractivity contribution < 1.29 is 0 Å². The van der Waals surface area contributed by atoms with E-state index < -0.39 is 0 Å². The van der Waals surface area contributed by atoms with Gasteiger partial charge in [-0.25, -0.2) is 0 Å². The van der Waals surface area contributed by atoms with Crippen LogP contribution in [0.2, 0.25) is 0 Å². The van der Waals surface area contributed by atoms with Crippen LogP contribution in [-0.4, -0.2) is 6.04 Å². The van der Waals surface area contributed by atoms with E-state index in [1.807, 2.05) is 0 Å². The largest absolute Gasteiger partial charge is 0.327 e. The molecule has 9 heavy (non-hydrogen) atoms. The van der Waals surface area contributed by atoms with E-state index in [0.29, 0.717) is 12.0 Å². The summed E-state index contributed by atoms with van der Waals surface area (Å²) in [4.78, 5) is 0. The van der Waals surface area contributed by atoms with Crippen molar-refractivity contribution in [3.8, 4) is 0 Å². The van der Waals surface area contributed by atoms with Crippen molar-refractivity contribution in [2.75, 3.05) is 0 Å². The Labute approximate surface area is 56.9 Å². The molecule has 1 fully saturated rings. The van der Waals surface area contributed by atoms with E-state index in [0.717, 1.165) is 0 Å². The van der Waals surface area contributed by atoms with Gasteiger partial charge in [-0.3, -0.25) is 0 Å². The summed E-state index contributed by atoms with van der Waals surface area (Å²) in [5.41, 5.74) is 7.08. The third-order valence-corrected chi connectivity index (χ3v) is 2.20. The number of rotatable bonds is 1. The van der Waals surface area contributed by atoms with Crippen molar-refractivity contribution >= 4 is 0 Å². The van der Waals surface area contributed by atoms with E-state index >= 15 is 0 Å². The van der Waals surface area contributed by atoms with Crippen LogP contribution in [0.4, 0.5) is 0 Å². The number of hydrogen-bond donors (Lipinski definition) is 1. The molecule has 1 nitrogen and oxygen atoms in total. The minimum atomic E-state index is 0.405. The van der Waals surface area contributed by atoms with Crippen LogP contribution < -0.4 is 5.73 Å². The molecule has 1 aliphatic rings. The highest BCUT2D eigenvalue weighted by molar-refractivity contribution is 5.03. The van der Waals surface area contributed by atoms with E-state index in [-0.39, 0.29) is 0 Å². The van der Waals surface area contributed by atoms with Gasteiger partial charge < -0.3 is 5.73 Å². The Hall–Kier alpha value is -0.300. The van der Waals surface area contributed by atoms with Crippen LogP contribution in [0.15, 0.2) is 12.2 Å². The zero-order chi connectivity index (χ0) is 6.85. The Morgan fingerprint density at radius 2 is 2.22 bits per heavy atom. The average molecular weight is 125 g/mol. The Bertz CT molecular complexity index is 118. The normalized spacial score (nSPS) is 34.9. The molecule has 0 saturated heterocycles. The molecule has 1 heteroatoms. The molecule has 2 atom stereocenters. The Morgan fingerprint density at radius 3 is 2.44 bits per heavy atom. The molecule has 2 unspecified atom stereocenters. The summed E-state index contributed by atoms with van der Waals surface area (Å²) in [5.74, 6) is 0.616. The summed E-state index contributed by atoms with van der Waals surface area (Å²) in [6.07, 6.45) is 3.74. The summed E-state index contributed by atoms with van der Waals surface area (Å²) < 4.78 is 0. The third kappa shape index (κ3) is 1.33. The van der Waals surface area contributed by atoms with E-state index in [1.54, 1.807) is 0 Å². The van der Waals surface area contributed by atoms with Crippen molar-refractivity contribution in [3.63, 3.8) is 0 Å². The summed E-state index contributed by atoms with van der Waals surface area (Å²) in [7, 11) is 0. The summed E-state index contributed by atoms with van der Waals surface area (Å²) >= 11 is 0. The van der Waals surface area contributed by atoms with Crippen LogP contribution in [0.25, 0.3) is 0 Å². The zero-order valence-corrected chi connectivity index (χ0v) is 6.06. The van der Waals surface area contributed by atoms with E-state index in [1.165, 1.54) is 24.8 Å². The predicted molar refractivity (Wildman–Crippen MR) is 40.1 cm³/mol. The molecule has 0 amide bonds. The molecule has 1 rings (SSSR count). The molecule has 52 valence electrons. The highest BCUT2D eigenvalue weighted by Gasteiger charge is 2.23. The molecule has 0 bridgehead atoms. The van der Waals surface area contributed by atoms with Gasteiger partial charge >= 0.3 is 0 Å². The summed E-state index contributed by atoms with van der Waals surface area (Å²) in [5, 5.41) is 0. The fourth-order valence-electron chi connectivity index (χ4n) is 1.60. The zero-order valence-electron chi connectivity index (χ0n) is 6.06. The summed E-state index contributed by atoms with van der Waals surface area (Å²) in [6, 6.07) is 0.405. The maximum atomic E-state index is 5.82. The number of nitrogens with two attached hydrogens (primary N) is 1. The first-order valence-corrected chi connectivity index (χ1v) is 3.63. The third-order valence-electron chi connectivity index (χ3n) is 2.20. The van der Waals surface area contributed by atoms with Crippen molar-refractivity contribution in [1.29, 1.82) is 0 Å².